The summed E-state index contributed by atoms with van der Waals surface area (Å²) in [6, 6.07) is 1.95. The Bertz CT molecular complexity index is 390. The van der Waals surface area contributed by atoms with Crippen molar-refractivity contribution in [1.82, 2.24) is 0 Å². The van der Waals surface area contributed by atoms with Crippen LogP contribution in [-0.2, 0) is 4.74 Å². The van der Waals surface area contributed by atoms with E-state index in [1.54, 1.807) is 11.3 Å². The van der Waals surface area contributed by atoms with Crippen molar-refractivity contribution in [2.45, 2.75) is 44.1 Å². The highest BCUT2D eigenvalue weighted by atomic mass is 32.1. The van der Waals surface area contributed by atoms with Crippen molar-refractivity contribution in [3.63, 3.8) is 0 Å². The fourth-order valence-electron chi connectivity index (χ4n) is 3.26. The van der Waals surface area contributed by atoms with E-state index >= 15 is 0 Å². The van der Waals surface area contributed by atoms with Crippen LogP contribution in [0.4, 0.5) is 0 Å². The third-order valence-corrected chi connectivity index (χ3v) is 4.87. The van der Waals surface area contributed by atoms with Crippen LogP contribution in [0.3, 0.4) is 0 Å². The molecular weight excluding hydrogens is 232 g/mol. The van der Waals surface area contributed by atoms with Gasteiger partial charge in [-0.05, 0) is 37.1 Å². The number of rotatable bonds is 2. The smallest absolute Gasteiger partial charge is 0.166 e. The van der Waals surface area contributed by atoms with E-state index in [2.05, 4.69) is 0 Å². The highest BCUT2D eigenvalue weighted by Gasteiger charge is 2.41. The molecule has 1 atom stereocenters. The number of carbonyl (C=O) groups is 1. The van der Waals surface area contributed by atoms with Crippen molar-refractivity contribution in [2.24, 2.45) is 5.92 Å². The Morgan fingerprint density at radius 1 is 1.41 bits per heavy atom. The lowest BCUT2D eigenvalue weighted by molar-refractivity contribution is -0.0866. The Morgan fingerprint density at radius 2 is 2.24 bits per heavy atom. The van der Waals surface area contributed by atoms with Gasteiger partial charge in [-0.25, -0.2) is 0 Å². The summed E-state index contributed by atoms with van der Waals surface area (Å²) in [6.07, 6.45) is 6.68. The zero-order chi connectivity index (χ0) is 11.7. The predicted octanol–water partition coefficient (Wildman–Crippen LogP) is 3.67. The highest BCUT2D eigenvalue weighted by Crippen LogP contribution is 2.42. The second-order valence-electron chi connectivity index (χ2n) is 5.30. The van der Waals surface area contributed by atoms with Crippen molar-refractivity contribution in [3.05, 3.63) is 22.4 Å². The molecule has 2 aliphatic rings. The lowest BCUT2D eigenvalue weighted by atomic mass is 9.81. The molecule has 1 saturated carbocycles. The van der Waals surface area contributed by atoms with E-state index in [1.165, 1.54) is 12.8 Å². The summed E-state index contributed by atoms with van der Waals surface area (Å²) < 4.78 is 5.97. The van der Waals surface area contributed by atoms with Crippen LogP contribution in [0, 0.1) is 5.92 Å². The van der Waals surface area contributed by atoms with Gasteiger partial charge in [-0.15, -0.1) is 0 Å². The first-order valence-electron chi connectivity index (χ1n) is 6.49. The molecule has 1 saturated heterocycles. The third-order valence-electron chi connectivity index (χ3n) is 4.18. The lowest BCUT2D eigenvalue weighted by Gasteiger charge is -2.37. The van der Waals surface area contributed by atoms with E-state index in [1.807, 2.05) is 16.8 Å². The van der Waals surface area contributed by atoms with Crippen molar-refractivity contribution in [3.8, 4) is 0 Å². The third kappa shape index (κ3) is 2.18. The maximum atomic E-state index is 12.4. The topological polar surface area (TPSA) is 26.3 Å². The molecule has 0 bridgehead atoms. The van der Waals surface area contributed by atoms with Crippen molar-refractivity contribution < 1.29 is 9.53 Å². The summed E-state index contributed by atoms with van der Waals surface area (Å²) >= 11 is 1.60. The largest absolute Gasteiger partial charge is 0.375 e. The first-order chi connectivity index (χ1) is 8.29. The maximum absolute atomic E-state index is 12.4. The molecule has 17 heavy (non-hydrogen) atoms. The Balaban J connectivity index is 1.73. The Hall–Kier alpha value is -0.670. The van der Waals surface area contributed by atoms with E-state index in [-0.39, 0.29) is 11.5 Å². The minimum absolute atomic E-state index is 0.0502. The first-order valence-corrected chi connectivity index (χ1v) is 7.44. The van der Waals surface area contributed by atoms with Crippen LogP contribution in [0.15, 0.2) is 16.8 Å². The van der Waals surface area contributed by atoms with Gasteiger partial charge in [-0.1, -0.05) is 12.8 Å². The van der Waals surface area contributed by atoms with Crippen molar-refractivity contribution in [2.75, 3.05) is 6.61 Å². The number of ether oxygens (including phenoxy) is 1. The number of ketones is 1. The minimum atomic E-state index is 0.0502. The Morgan fingerprint density at radius 3 is 2.94 bits per heavy atom. The second kappa shape index (κ2) is 4.54. The lowest BCUT2D eigenvalue weighted by Crippen LogP contribution is -2.39. The van der Waals surface area contributed by atoms with Gasteiger partial charge in [-0.3, -0.25) is 4.79 Å². The van der Waals surface area contributed by atoms with E-state index in [9.17, 15) is 4.79 Å². The van der Waals surface area contributed by atoms with Crippen LogP contribution < -0.4 is 0 Å². The molecule has 1 unspecified atom stereocenters. The summed E-state index contributed by atoms with van der Waals surface area (Å²) in [5.41, 5.74) is 0.948. The average Bonchev–Trinajstić information content (AvgIpc) is 3.00. The zero-order valence-electron chi connectivity index (χ0n) is 9.98. The summed E-state index contributed by atoms with van der Waals surface area (Å²) in [7, 11) is 0. The number of Topliss-reactive ketones (excluding diaryl/α,β-unsaturated/α-hetero) is 1. The molecule has 2 heterocycles. The van der Waals surface area contributed by atoms with Crippen molar-refractivity contribution >= 4 is 17.1 Å². The molecule has 1 aliphatic carbocycles. The van der Waals surface area contributed by atoms with Crippen LogP contribution in [-0.4, -0.2) is 18.0 Å². The highest BCUT2D eigenvalue weighted by molar-refractivity contribution is 7.08. The van der Waals surface area contributed by atoms with Gasteiger partial charge in [0.1, 0.15) is 0 Å². The fourth-order valence-corrected chi connectivity index (χ4v) is 3.90. The summed E-state index contributed by atoms with van der Waals surface area (Å²) in [4.78, 5) is 12.4. The van der Waals surface area contributed by atoms with Crippen LogP contribution in [0.1, 0.15) is 48.9 Å². The van der Waals surface area contributed by atoms with E-state index in [0.717, 1.165) is 37.9 Å². The first kappa shape index (κ1) is 11.4. The molecule has 2 fully saturated rings. The standard InChI is InChI=1S/C14H18O2S/c15-13(12-4-8-17-10-12)11-3-7-16-14(9-11)5-1-2-6-14/h4,8,10-11H,1-3,5-7,9H2. The van der Waals surface area contributed by atoms with Gasteiger partial charge in [0, 0.05) is 23.5 Å². The molecule has 2 nitrogen and oxygen atoms in total. The van der Waals surface area contributed by atoms with Gasteiger partial charge in [0.2, 0.25) is 0 Å². The monoisotopic (exact) mass is 250 g/mol. The van der Waals surface area contributed by atoms with Crippen LogP contribution in [0.2, 0.25) is 0 Å². The Kier molecular flexibility index (Phi) is 3.05. The average molecular weight is 250 g/mol. The molecule has 1 aliphatic heterocycles. The number of carbonyl (C=O) groups excluding carboxylic acids is 1. The molecule has 92 valence electrons. The van der Waals surface area contributed by atoms with E-state index < -0.39 is 0 Å². The van der Waals surface area contributed by atoms with Crippen LogP contribution in [0.25, 0.3) is 0 Å². The van der Waals surface area contributed by atoms with Gasteiger partial charge in [0.05, 0.1) is 5.60 Å². The second-order valence-corrected chi connectivity index (χ2v) is 6.08. The number of hydrogen-bond acceptors (Lipinski definition) is 3. The van der Waals surface area contributed by atoms with Gasteiger partial charge in [0.15, 0.2) is 5.78 Å². The van der Waals surface area contributed by atoms with Crippen LogP contribution >= 0.6 is 11.3 Å². The summed E-state index contributed by atoms with van der Waals surface area (Å²) in [5, 5.41) is 3.96. The fraction of sp³-hybridized carbons (Fsp3) is 0.643. The quantitative estimate of drug-likeness (QED) is 0.749. The summed E-state index contributed by atoms with van der Waals surface area (Å²) in [5.74, 6) is 0.525. The normalized spacial score (nSPS) is 27.4. The SMILES string of the molecule is O=C(c1ccsc1)C1CCOC2(CCCC2)C1. The predicted molar refractivity (Wildman–Crippen MR) is 68.5 cm³/mol. The van der Waals surface area contributed by atoms with Gasteiger partial charge >= 0.3 is 0 Å². The van der Waals surface area contributed by atoms with Gasteiger partial charge < -0.3 is 4.74 Å². The molecule has 3 rings (SSSR count). The molecule has 1 aromatic heterocycles. The van der Waals surface area contributed by atoms with Gasteiger partial charge in [0.25, 0.3) is 0 Å². The van der Waals surface area contributed by atoms with Crippen LogP contribution in [0.5, 0.6) is 0 Å². The molecular formula is C14H18O2S. The van der Waals surface area contributed by atoms with Crippen molar-refractivity contribution in [1.29, 1.82) is 0 Å². The molecule has 3 heteroatoms. The summed E-state index contributed by atoms with van der Waals surface area (Å²) in [6.45, 7) is 0.764. The minimum Gasteiger partial charge on any atom is -0.375 e. The number of hydrogen-bond donors (Lipinski definition) is 0. The van der Waals surface area contributed by atoms with E-state index in [4.69, 9.17) is 4.74 Å². The Labute approximate surface area is 106 Å². The maximum Gasteiger partial charge on any atom is 0.166 e. The molecule has 0 radical (unpaired) electrons. The molecule has 0 amide bonds. The van der Waals surface area contributed by atoms with E-state index in [0.29, 0.717) is 5.78 Å². The molecule has 1 spiro atoms. The molecule has 0 aromatic carbocycles. The molecule has 1 aromatic rings. The zero-order valence-corrected chi connectivity index (χ0v) is 10.8. The number of thiophene rings is 1. The van der Waals surface area contributed by atoms with Gasteiger partial charge in [-0.2, -0.15) is 11.3 Å². The molecule has 0 N–H and O–H groups in total.